The summed E-state index contributed by atoms with van der Waals surface area (Å²) in [6.07, 6.45) is 0.850. The molecule has 0 bridgehead atoms. The summed E-state index contributed by atoms with van der Waals surface area (Å²) in [6.45, 7) is 0.515. The fraction of sp³-hybridized carbons (Fsp3) is 0.160. The average molecular weight is 508 g/mol. The molecule has 0 radical (unpaired) electrons. The molecule has 7 heteroatoms. The molecule has 5 nitrogen and oxygen atoms in total. The Hall–Kier alpha value is -2.90. The zero-order chi connectivity index (χ0) is 22.3. The second-order valence-electron chi connectivity index (χ2n) is 7.32. The Balaban J connectivity index is 1.54. The molecule has 1 aliphatic heterocycles. The van der Waals surface area contributed by atoms with E-state index < -0.39 is 5.25 Å². The molecule has 0 spiro atoms. The van der Waals surface area contributed by atoms with Crippen LogP contribution in [0, 0.1) is 0 Å². The standard InChI is InChI=1S/C25H22BrN3O2S/c26-19-10-7-13-21(16-19)27-24(31)22-17-23(30)29(15-14-18-8-3-1-4-9-18)25(32-22)28-20-11-5-2-6-12-20/h1-13,16,22H,14-15,17H2,(H,27,31). The monoisotopic (exact) mass is 507 g/mol. The van der Waals surface area contributed by atoms with Crippen molar-refractivity contribution in [1.29, 1.82) is 0 Å². The number of hydrogen-bond donors (Lipinski definition) is 1. The predicted molar refractivity (Wildman–Crippen MR) is 134 cm³/mol. The highest BCUT2D eigenvalue weighted by molar-refractivity contribution is 9.10. The molecule has 1 heterocycles. The van der Waals surface area contributed by atoms with Crippen molar-refractivity contribution in [1.82, 2.24) is 4.90 Å². The second kappa shape index (κ2) is 10.6. The summed E-state index contributed by atoms with van der Waals surface area (Å²) in [5, 5.41) is 2.92. The number of amidine groups is 1. The van der Waals surface area contributed by atoms with Gasteiger partial charge in [-0.05, 0) is 42.3 Å². The number of amides is 2. The summed E-state index contributed by atoms with van der Waals surface area (Å²) in [5.41, 5.74) is 2.59. The highest BCUT2D eigenvalue weighted by atomic mass is 79.9. The van der Waals surface area contributed by atoms with Crippen LogP contribution >= 0.6 is 27.7 Å². The number of nitrogens with one attached hydrogen (secondary N) is 1. The van der Waals surface area contributed by atoms with Gasteiger partial charge >= 0.3 is 0 Å². The third kappa shape index (κ3) is 5.87. The lowest BCUT2D eigenvalue weighted by Gasteiger charge is -2.32. The van der Waals surface area contributed by atoms with Crippen molar-refractivity contribution in [2.24, 2.45) is 4.99 Å². The van der Waals surface area contributed by atoms with Crippen molar-refractivity contribution in [2.75, 3.05) is 11.9 Å². The first-order valence-corrected chi connectivity index (χ1v) is 12.0. The van der Waals surface area contributed by atoms with Crippen LogP contribution < -0.4 is 5.32 Å². The minimum atomic E-state index is -0.545. The van der Waals surface area contributed by atoms with E-state index in [0.717, 1.165) is 22.1 Å². The third-order valence-corrected chi connectivity index (χ3v) is 6.65. The van der Waals surface area contributed by atoms with Gasteiger partial charge in [-0.1, -0.05) is 82.3 Å². The summed E-state index contributed by atoms with van der Waals surface area (Å²) >= 11 is 4.75. The maximum Gasteiger partial charge on any atom is 0.238 e. The number of halogens is 1. The molecule has 1 saturated heterocycles. The van der Waals surface area contributed by atoms with Gasteiger partial charge in [-0.15, -0.1) is 0 Å². The Morgan fingerprint density at radius 2 is 1.75 bits per heavy atom. The van der Waals surface area contributed by atoms with Crippen LogP contribution in [0.25, 0.3) is 0 Å². The SMILES string of the molecule is O=C(Nc1cccc(Br)c1)C1CC(=O)N(CCc2ccccc2)C(=Nc2ccccc2)S1. The topological polar surface area (TPSA) is 61.8 Å². The van der Waals surface area contributed by atoms with Crippen molar-refractivity contribution in [3.8, 4) is 0 Å². The molecule has 162 valence electrons. The van der Waals surface area contributed by atoms with Crippen molar-refractivity contribution in [3.63, 3.8) is 0 Å². The molecule has 1 atom stereocenters. The van der Waals surface area contributed by atoms with Gasteiger partial charge < -0.3 is 5.32 Å². The molecule has 3 aromatic carbocycles. The normalized spacial score (nSPS) is 17.4. The van der Waals surface area contributed by atoms with Gasteiger partial charge in [0.25, 0.3) is 0 Å². The number of hydrogen-bond acceptors (Lipinski definition) is 4. The van der Waals surface area contributed by atoms with Crippen LogP contribution in [0.4, 0.5) is 11.4 Å². The van der Waals surface area contributed by atoms with Gasteiger partial charge in [0.15, 0.2) is 5.17 Å². The minimum Gasteiger partial charge on any atom is -0.325 e. The Kier molecular flexibility index (Phi) is 7.39. The number of anilines is 1. The fourth-order valence-corrected chi connectivity index (χ4v) is 4.87. The first-order valence-electron chi connectivity index (χ1n) is 10.3. The van der Waals surface area contributed by atoms with Gasteiger partial charge in [-0.3, -0.25) is 14.5 Å². The maximum absolute atomic E-state index is 13.1. The number of nitrogens with zero attached hydrogens (tertiary/aromatic N) is 2. The van der Waals surface area contributed by atoms with Gasteiger partial charge in [0.05, 0.1) is 5.69 Å². The smallest absolute Gasteiger partial charge is 0.238 e. The molecule has 1 unspecified atom stereocenters. The van der Waals surface area contributed by atoms with Gasteiger partial charge in [0, 0.05) is 23.1 Å². The summed E-state index contributed by atoms with van der Waals surface area (Å²) in [4.78, 5) is 32.4. The van der Waals surface area contributed by atoms with E-state index >= 15 is 0 Å². The largest absolute Gasteiger partial charge is 0.325 e. The van der Waals surface area contributed by atoms with Gasteiger partial charge in [-0.25, -0.2) is 4.99 Å². The van der Waals surface area contributed by atoms with Gasteiger partial charge in [0.2, 0.25) is 11.8 Å². The number of aliphatic imine (C=N–C) groups is 1. The van der Waals surface area contributed by atoms with E-state index in [-0.39, 0.29) is 18.2 Å². The molecule has 3 aromatic rings. The number of carbonyl (C=O) groups is 2. The summed E-state index contributed by atoms with van der Waals surface area (Å²) in [5.74, 6) is -0.298. The van der Waals surface area contributed by atoms with Gasteiger partial charge in [-0.2, -0.15) is 0 Å². The van der Waals surface area contributed by atoms with Crippen LogP contribution in [0.15, 0.2) is 94.4 Å². The summed E-state index contributed by atoms with van der Waals surface area (Å²) in [6, 6.07) is 26.9. The van der Waals surface area contributed by atoms with Crippen LogP contribution in [-0.2, 0) is 16.0 Å². The summed E-state index contributed by atoms with van der Waals surface area (Å²) in [7, 11) is 0. The van der Waals surface area contributed by atoms with Crippen molar-refractivity contribution in [2.45, 2.75) is 18.1 Å². The Morgan fingerprint density at radius 1 is 1.03 bits per heavy atom. The molecule has 0 aromatic heterocycles. The van der Waals surface area contributed by atoms with E-state index in [9.17, 15) is 9.59 Å². The van der Waals surface area contributed by atoms with E-state index in [2.05, 4.69) is 21.2 Å². The third-order valence-electron chi connectivity index (χ3n) is 4.97. The van der Waals surface area contributed by atoms with Crippen LogP contribution in [0.1, 0.15) is 12.0 Å². The second-order valence-corrected chi connectivity index (χ2v) is 9.41. The molecule has 2 amide bonds. The number of carbonyl (C=O) groups excluding carboxylic acids is 2. The Bertz CT molecular complexity index is 1120. The molecule has 4 rings (SSSR count). The molecule has 1 aliphatic rings. The summed E-state index contributed by atoms with van der Waals surface area (Å²) < 4.78 is 0.876. The first kappa shape index (κ1) is 22.3. The van der Waals surface area contributed by atoms with Crippen LogP contribution in [0.3, 0.4) is 0 Å². The lowest BCUT2D eigenvalue weighted by atomic mass is 10.1. The number of para-hydroxylation sites is 1. The highest BCUT2D eigenvalue weighted by Crippen LogP contribution is 2.30. The van der Waals surface area contributed by atoms with E-state index in [1.54, 1.807) is 4.90 Å². The van der Waals surface area contributed by atoms with E-state index in [0.29, 0.717) is 17.4 Å². The Labute approximate surface area is 200 Å². The fourth-order valence-electron chi connectivity index (χ4n) is 3.35. The quantitative estimate of drug-likeness (QED) is 0.468. The van der Waals surface area contributed by atoms with Crippen LogP contribution in [0.2, 0.25) is 0 Å². The van der Waals surface area contributed by atoms with E-state index in [1.165, 1.54) is 11.8 Å². The first-order chi connectivity index (χ1) is 15.6. The average Bonchev–Trinajstić information content (AvgIpc) is 2.80. The molecule has 1 fully saturated rings. The van der Waals surface area contributed by atoms with Crippen molar-refractivity contribution in [3.05, 3.63) is 95.0 Å². The van der Waals surface area contributed by atoms with Crippen LogP contribution in [0.5, 0.6) is 0 Å². The molecule has 0 saturated carbocycles. The lowest BCUT2D eigenvalue weighted by Crippen LogP contribution is -2.46. The number of rotatable bonds is 6. The predicted octanol–water partition coefficient (Wildman–Crippen LogP) is 5.65. The molecular weight excluding hydrogens is 486 g/mol. The lowest BCUT2D eigenvalue weighted by molar-refractivity contribution is -0.129. The van der Waals surface area contributed by atoms with Gasteiger partial charge in [0.1, 0.15) is 5.25 Å². The molecule has 1 N–H and O–H groups in total. The van der Waals surface area contributed by atoms with Crippen molar-refractivity contribution >= 4 is 56.0 Å². The number of thioether (sulfide) groups is 1. The minimum absolute atomic E-state index is 0.0937. The zero-order valence-electron chi connectivity index (χ0n) is 17.3. The highest BCUT2D eigenvalue weighted by Gasteiger charge is 2.35. The maximum atomic E-state index is 13.1. The van der Waals surface area contributed by atoms with Crippen LogP contribution in [-0.4, -0.2) is 33.7 Å². The van der Waals surface area contributed by atoms with E-state index in [1.807, 2.05) is 84.9 Å². The van der Waals surface area contributed by atoms with E-state index in [4.69, 9.17) is 4.99 Å². The number of benzene rings is 3. The molecular formula is C25H22BrN3O2S. The Morgan fingerprint density at radius 3 is 2.47 bits per heavy atom. The molecule has 0 aliphatic carbocycles. The van der Waals surface area contributed by atoms with Crippen molar-refractivity contribution < 1.29 is 9.59 Å². The molecule has 32 heavy (non-hydrogen) atoms. The zero-order valence-corrected chi connectivity index (χ0v) is 19.7.